The van der Waals surface area contributed by atoms with Crippen LogP contribution in [-0.2, 0) is 26.2 Å². The van der Waals surface area contributed by atoms with Gasteiger partial charge in [-0.3, -0.25) is 9.59 Å². The van der Waals surface area contributed by atoms with Crippen molar-refractivity contribution in [3.8, 4) is 5.75 Å². The molecule has 0 unspecified atom stereocenters. The van der Waals surface area contributed by atoms with E-state index in [1.54, 1.807) is 0 Å². The third-order valence-corrected chi connectivity index (χ3v) is 7.62. The second-order valence-corrected chi connectivity index (χ2v) is 9.23. The molecule has 2 saturated carbocycles. The molecule has 0 aliphatic heterocycles. The minimum atomic E-state index is -0.289. The fourth-order valence-electron chi connectivity index (χ4n) is 6.55. The number of rotatable bonds is 3. The van der Waals surface area contributed by atoms with Gasteiger partial charge in [0.2, 0.25) is 0 Å². The number of carbonyl (C=O) groups is 2. The van der Waals surface area contributed by atoms with Crippen molar-refractivity contribution < 1.29 is 19.1 Å². The second-order valence-electron chi connectivity index (χ2n) is 9.23. The molecule has 0 radical (unpaired) electrons. The summed E-state index contributed by atoms with van der Waals surface area (Å²) in [4.78, 5) is 22.8. The fraction of sp³-hybridized carbons (Fsp3) is 0.583. The van der Waals surface area contributed by atoms with Crippen molar-refractivity contribution in [2.75, 3.05) is 0 Å². The summed E-state index contributed by atoms with van der Waals surface area (Å²) in [6.07, 6.45) is 8.40. The Morgan fingerprint density at radius 3 is 2.64 bits per heavy atom. The standard InChI is InChI=1S/C24H30O4/c1-5-24-11-10-23(4)14-19(28-16(3)26)13-22(23)21(24)8-6-17-12-18(27-15(2)25)7-9-20(17)24/h5,7,9,12,19,21-22H,1,6,8,10-11,13-14H2,2-4H3/t19-,21+,22+,23-,24-/m1/s1. The van der Waals surface area contributed by atoms with Gasteiger partial charge in [0.25, 0.3) is 0 Å². The lowest BCUT2D eigenvalue weighted by atomic mass is 9.49. The number of carbonyl (C=O) groups excluding carboxylic acids is 2. The molecule has 0 heterocycles. The van der Waals surface area contributed by atoms with E-state index in [1.165, 1.54) is 25.0 Å². The van der Waals surface area contributed by atoms with Gasteiger partial charge in [0, 0.05) is 19.3 Å². The number of aryl methyl sites for hydroxylation is 1. The van der Waals surface area contributed by atoms with Gasteiger partial charge in [0.05, 0.1) is 0 Å². The highest BCUT2D eigenvalue weighted by Crippen LogP contribution is 2.64. The SMILES string of the molecule is C=C[C@]12CC[C@]3(C)C[C@H](OC(C)=O)C[C@H]3[C@@H]1CCc1cc(OC(C)=O)ccc12. The molecule has 1 aromatic carbocycles. The maximum atomic E-state index is 11.5. The van der Waals surface area contributed by atoms with Crippen LogP contribution in [0.2, 0.25) is 0 Å². The van der Waals surface area contributed by atoms with Crippen LogP contribution in [0.25, 0.3) is 0 Å². The number of hydrogen-bond acceptors (Lipinski definition) is 4. The molecule has 0 aromatic heterocycles. The van der Waals surface area contributed by atoms with Crippen LogP contribution >= 0.6 is 0 Å². The highest BCUT2D eigenvalue weighted by Gasteiger charge is 2.58. The maximum absolute atomic E-state index is 11.5. The van der Waals surface area contributed by atoms with Crippen molar-refractivity contribution in [3.63, 3.8) is 0 Å². The molecule has 4 rings (SSSR count). The average molecular weight is 383 g/mol. The zero-order valence-corrected chi connectivity index (χ0v) is 17.1. The van der Waals surface area contributed by atoms with E-state index >= 15 is 0 Å². The molecule has 150 valence electrons. The van der Waals surface area contributed by atoms with Crippen LogP contribution in [0.1, 0.15) is 64.0 Å². The first-order valence-corrected chi connectivity index (χ1v) is 10.4. The Balaban J connectivity index is 1.68. The van der Waals surface area contributed by atoms with Crippen LogP contribution in [0.5, 0.6) is 5.75 Å². The fourth-order valence-corrected chi connectivity index (χ4v) is 6.55. The number of allylic oxidation sites excluding steroid dienone is 1. The van der Waals surface area contributed by atoms with E-state index in [2.05, 4.69) is 25.6 Å². The van der Waals surface area contributed by atoms with Crippen LogP contribution < -0.4 is 4.74 Å². The summed E-state index contributed by atoms with van der Waals surface area (Å²) in [5.41, 5.74) is 2.80. The van der Waals surface area contributed by atoms with Gasteiger partial charge < -0.3 is 9.47 Å². The van der Waals surface area contributed by atoms with Crippen molar-refractivity contribution in [3.05, 3.63) is 42.0 Å². The Hall–Kier alpha value is -2.10. The van der Waals surface area contributed by atoms with E-state index in [0.717, 1.165) is 38.5 Å². The number of hydrogen-bond donors (Lipinski definition) is 0. The maximum Gasteiger partial charge on any atom is 0.308 e. The number of ether oxygens (including phenoxy) is 2. The van der Waals surface area contributed by atoms with Gasteiger partial charge in [0.15, 0.2) is 0 Å². The molecule has 28 heavy (non-hydrogen) atoms. The summed E-state index contributed by atoms with van der Waals surface area (Å²) >= 11 is 0. The molecule has 5 atom stereocenters. The Kier molecular flexibility index (Phi) is 4.64. The van der Waals surface area contributed by atoms with Gasteiger partial charge in [-0.1, -0.05) is 19.1 Å². The molecule has 0 bridgehead atoms. The van der Waals surface area contributed by atoms with Crippen LogP contribution in [0.4, 0.5) is 0 Å². The van der Waals surface area contributed by atoms with Crippen molar-refractivity contribution in [2.45, 2.75) is 70.8 Å². The first-order valence-electron chi connectivity index (χ1n) is 10.4. The summed E-state index contributed by atoms with van der Waals surface area (Å²) in [7, 11) is 0. The van der Waals surface area contributed by atoms with E-state index in [1.807, 2.05) is 12.1 Å². The van der Waals surface area contributed by atoms with Crippen molar-refractivity contribution in [1.82, 2.24) is 0 Å². The first kappa shape index (κ1) is 19.2. The predicted molar refractivity (Wildman–Crippen MR) is 107 cm³/mol. The van der Waals surface area contributed by atoms with Gasteiger partial charge in [-0.15, -0.1) is 6.58 Å². The zero-order valence-electron chi connectivity index (χ0n) is 17.1. The molecule has 3 aliphatic carbocycles. The zero-order chi connectivity index (χ0) is 20.1. The van der Waals surface area contributed by atoms with E-state index in [0.29, 0.717) is 17.6 Å². The Morgan fingerprint density at radius 2 is 1.96 bits per heavy atom. The normalized spacial score (nSPS) is 35.9. The van der Waals surface area contributed by atoms with Gasteiger partial charge in [-0.05, 0) is 79.0 Å². The van der Waals surface area contributed by atoms with Crippen molar-refractivity contribution in [1.29, 1.82) is 0 Å². The second kappa shape index (κ2) is 6.75. The smallest absolute Gasteiger partial charge is 0.308 e. The molecule has 4 nitrogen and oxygen atoms in total. The Bertz CT molecular complexity index is 828. The average Bonchev–Trinajstić information content (AvgIpc) is 2.95. The lowest BCUT2D eigenvalue weighted by Crippen LogP contribution is -2.49. The molecule has 2 fully saturated rings. The third-order valence-electron chi connectivity index (χ3n) is 7.62. The summed E-state index contributed by atoms with van der Waals surface area (Å²) in [5, 5.41) is 0. The summed E-state index contributed by atoms with van der Waals surface area (Å²) in [5.74, 6) is 1.21. The molecule has 0 amide bonds. The predicted octanol–water partition coefficient (Wildman–Crippen LogP) is 4.74. The molecule has 0 spiro atoms. The lowest BCUT2D eigenvalue weighted by Gasteiger charge is -2.55. The molecule has 1 aromatic rings. The molecule has 0 saturated heterocycles. The number of benzene rings is 1. The Morgan fingerprint density at radius 1 is 1.18 bits per heavy atom. The van der Waals surface area contributed by atoms with E-state index in [-0.39, 0.29) is 28.9 Å². The van der Waals surface area contributed by atoms with Crippen LogP contribution in [0.15, 0.2) is 30.9 Å². The number of esters is 2. The summed E-state index contributed by atoms with van der Waals surface area (Å²) < 4.78 is 10.9. The first-order chi connectivity index (χ1) is 13.3. The highest BCUT2D eigenvalue weighted by molar-refractivity contribution is 5.69. The summed E-state index contributed by atoms with van der Waals surface area (Å²) in [6.45, 7) is 9.59. The summed E-state index contributed by atoms with van der Waals surface area (Å²) in [6, 6.07) is 6.09. The van der Waals surface area contributed by atoms with Crippen molar-refractivity contribution >= 4 is 11.9 Å². The van der Waals surface area contributed by atoms with E-state index in [4.69, 9.17) is 9.47 Å². The van der Waals surface area contributed by atoms with Gasteiger partial charge in [-0.25, -0.2) is 0 Å². The minimum Gasteiger partial charge on any atom is -0.463 e. The molecule has 4 heteroatoms. The lowest BCUT2D eigenvalue weighted by molar-refractivity contribution is -0.146. The molecular formula is C24H30O4. The van der Waals surface area contributed by atoms with Gasteiger partial charge >= 0.3 is 11.9 Å². The van der Waals surface area contributed by atoms with E-state index in [9.17, 15) is 9.59 Å². The Labute approximate surface area is 167 Å². The van der Waals surface area contributed by atoms with Crippen molar-refractivity contribution in [2.24, 2.45) is 17.3 Å². The van der Waals surface area contributed by atoms with Crippen LogP contribution in [0.3, 0.4) is 0 Å². The van der Waals surface area contributed by atoms with Crippen LogP contribution in [-0.4, -0.2) is 18.0 Å². The molecule has 0 N–H and O–H groups in total. The topological polar surface area (TPSA) is 52.6 Å². The number of fused-ring (bicyclic) bond motifs is 5. The minimum absolute atomic E-state index is 0.0425. The van der Waals surface area contributed by atoms with Crippen LogP contribution in [0, 0.1) is 17.3 Å². The highest BCUT2D eigenvalue weighted by atomic mass is 16.5. The third kappa shape index (κ3) is 2.98. The quantitative estimate of drug-likeness (QED) is 0.430. The largest absolute Gasteiger partial charge is 0.463 e. The molecular weight excluding hydrogens is 352 g/mol. The molecule has 3 aliphatic rings. The van der Waals surface area contributed by atoms with Gasteiger partial charge in [0.1, 0.15) is 11.9 Å². The van der Waals surface area contributed by atoms with Gasteiger partial charge in [-0.2, -0.15) is 0 Å². The monoisotopic (exact) mass is 382 g/mol. The van der Waals surface area contributed by atoms with E-state index < -0.39 is 0 Å².